The van der Waals surface area contributed by atoms with Crippen molar-refractivity contribution >= 4 is 57.7 Å². The van der Waals surface area contributed by atoms with E-state index in [-0.39, 0.29) is 18.2 Å². The zero-order chi connectivity index (χ0) is 29.7. The molecule has 0 atom stereocenters. The third kappa shape index (κ3) is 7.36. The molecule has 11 heteroatoms. The van der Waals surface area contributed by atoms with Gasteiger partial charge < -0.3 is 15.0 Å². The average Bonchev–Trinajstić information content (AvgIpc) is 2.94. The fourth-order valence-corrected chi connectivity index (χ4v) is 4.50. The first-order valence-corrected chi connectivity index (χ1v) is 13.1. The largest absolute Gasteiger partial charge is 0.487 e. The monoisotopic (exact) mass is 601 g/mol. The molecular weight excluding hydrogens is 578 g/mol. The second-order valence-electron chi connectivity index (χ2n) is 9.05. The van der Waals surface area contributed by atoms with Crippen molar-refractivity contribution < 1.29 is 27.5 Å². The lowest BCUT2D eigenvalue weighted by molar-refractivity contribution is -0.137. The highest BCUT2D eigenvalue weighted by Gasteiger charge is 2.29. The Morgan fingerprint density at radius 2 is 1.76 bits per heavy atom. The molecule has 2 amide bonds. The van der Waals surface area contributed by atoms with Gasteiger partial charge in [-0.3, -0.25) is 9.59 Å². The Kier molecular flexibility index (Phi) is 9.20. The molecule has 41 heavy (non-hydrogen) atoms. The molecule has 0 spiro atoms. The summed E-state index contributed by atoms with van der Waals surface area (Å²) >= 11 is 13.0. The van der Waals surface area contributed by atoms with Crippen LogP contribution in [0.25, 0.3) is 17.0 Å². The Balaban J connectivity index is 1.39. The fraction of sp³-hybridized carbons (Fsp3) is 0.167. The fourth-order valence-electron chi connectivity index (χ4n) is 3.89. The predicted molar refractivity (Wildman–Crippen MR) is 154 cm³/mol. The van der Waals surface area contributed by atoms with Crippen LogP contribution in [-0.4, -0.2) is 30.4 Å². The summed E-state index contributed by atoms with van der Waals surface area (Å²) in [5.41, 5.74) is 1.98. The number of pyridine rings is 1. The van der Waals surface area contributed by atoms with Gasteiger partial charge in [0.15, 0.2) is 0 Å². The maximum absolute atomic E-state index is 12.8. The van der Waals surface area contributed by atoms with E-state index in [0.29, 0.717) is 33.1 Å². The molecule has 0 aliphatic rings. The van der Waals surface area contributed by atoms with Gasteiger partial charge in [-0.25, -0.2) is 4.98 Å². The molecular formula is C30H24Cl2F3N3O3. The molecule has 1 N–H and O–H groups in total. The number of aromatic nitrogens is 1. The Labute approximate surface area is 244 Å². The highest BCUT2D eigenvalue weighted by atomic mass is 35.5. The zero-order valence-electron chi connectivity index (χ0n) is 21.9. The number of amides is 2. The number of nitrogens with zero attached hydrogens (tertiary/aromatic N) is 2. The van der Waals surface area contributed by atoms with Crippen LogP contribution in [0.1, 0.15) is 22.4 Å². The minimum atomic E-state index is -4.44. The maximum Gasteiger partial charge on any atom is 0.416 e. The minimum Gasteiger partial charge on any atom is -0.487 e. The molecule has 0 saturated heterocycles. The lowest BCUT2D eigenvalue weighted by Gasteiger charge is -2.21. The maximum atomic E-state index is 12.8. The molecule has 1 aromatic heterocycles. The van der Waals surface area contributed by atoms with Crippen LogP contribution >= 0.6 is 23.2 Å². The van der Waals surface area contributed by atoms with Gasteiger partial charge in [0.05, 0.1) is 22.8 Å². The molecule has 0 bridgehead atoms. The van der Waals surface area contributed by atoms with Gasteiger partial charge in [-0.1, -0.05) is 53.5 Å². The van der Waals surface area contributed by atoms with Crippen LogP contribution in [0.2, 0.25) is 10.0 Å². The molecule has 0 fully saturated rings. The molecule has 3 aromatic carbocycles. The van der Waals surface area contributed by atoms with E-state index in [1.54, 1.807) is 18.2 Å². The number of hydrogen-bond donors (Lipinski definition) is 1. The Bertz CT molecular complexity index is 1620. The molecule has 212 valence electrons. The third-order valence-electron chi connectivity index (χ3n) is 6.17. The standard InChI is InChI=1S/C30H24Cl2F3N3O3/c1-18-6-10-20-4-3-5-25(29(20)37-18)41-17-22-23(31)13-14-24(28(22)32)38(2)27(40)16-36-26(39)15-9-19-7-11-21(12-8-19)30(33,34)35/h3-15H,16-17H2,1-2H3,(H,36,39). The summed E-state index contributed by atoms with van der Waals surface area (Å²) in [6.45, 7) is 1.56. The van der Waals surface area contributed by atoms with Crippen LogP contribution in [0, 0.1) is 6.92 Å². The van der Waals surface area contributed by atoms with Crippen LogP contribution in [0.15, 0.2) is 72.8 Å². The normalized spacial score (nSPS) is 11.6. The Hall–Kier alpha value is -4.08. The third-order valence-corrected chi connectivity index (χ3v) is 6.95. The number of anilines is 1. The number of halogens is 5. The second-order valence-corrected chi connectivity index (χ2v) is 9.84. The van der Waals surface area contributed by atoms with Crippen molar-refractivity contribution in [3.63, 3.8) is 0 Å². The van der Waals surface area contributed by atoms with Crippen LogP contribution in [-0.2, 0) is 22.4 Å². The molecule has 1 heterocycles. The number of alkyl halides is 3. The number of aryl methyl sites for hydroxylation is 1. The van der Waals surface area contributed by atoms with Gasteiger partial charge in [0.1, 0.15) is 17.9 Å². The smallest absolute Gasteiger partial charge is 0.416 e. The van der Waals surface area contributed by atoms with Crippen molar-refractivity contribution in [1.82, 2.24) is 10.3 Å². The number of benzene rings is 3. The van der Waals surface area contributed by atoms with Crippen LogP contribution < -0.4 is 15.0 Å². The highest BCUT2D eigenvalue weighted by molar-refractivity contribution is 6.38. The van der Waals surface area contributed by atoms with Gasteiger partial charge in [0.2, 0.25) is 11.8 Å². The predicted octanol–water partition coefficient (Wildman–Crippen LogP) is 7.24. The lowest BCUT2D eigenvalue weighted by Crippen LogP contribution is -2.37. The van der Waals surface area contributed by atoms with E-state index in [9.17, 15) is 22.8 Å². The number of ether oxygens (including phenoxy) is 1. The molecule has 0 aliphatic carbocycles. The van der Waals surface area contributed by atoms with Gasteiger partial charge in [-0.05, 0) is 55.0 Å². The van der Waals surface area contributed by atoms with Crippen molar-refractivity contribution in [2.45, 2.75) is 19.7 Å². The van der Waals surface area contributed by atoms with E-state index in [0.717, 1.165) is 29.3 Å². The van der Waals surface area contributed by atoms with Crippen molar-refractivity contribution in [2.75, 3.05) is 18.5 Å². The summed E-state index contributed by atoms with van der Waals surface area (Å²) in [7, 11) is 1.50. The minimum absolute atomic E-state index is 0.0216. The average molecular weight is 602 g/mol. The number of hydrogen-bond acceptors (Lipinski definition) is 4. The van der Waals surface area contributed by atoms with Gasteiger partial charge in [-0.2, -0.15) is 13.2 Å². The Morgan fingerprint density at radius 1 is 1.02 bits per heavy atom. The Morgan fingerprint density at radius 3 is 2.46 bits per heavy atom. The topological polar surface area (TPSA) is 71.5 Å². The zero-order valence-corrected chi connectivity index (χ0v) is 23.4. The highest BCUT2D eigenvalue weighted by Crippen LogP contribution is 2.35. The molecule has 0 aliphatic heterocycles. The number of rotatable bonds is 8. The number of para-hydroxylation sites is 1. The van der Waals surface area contributed by atoms with E-state index in [1.165, 1.54) is 30.2 Å². The first kappa shape index (κ1) is 29.9. The summed E-state index contributed by atoms with van der Waals surface area (Å²) in [4.78, 5) is 30.8. The number of fused-ring (bicyclic) bond motifs is 1. The van der Waals surface area contributed by atoms with Gasteiger partial charge in [0.25, 0.3) is 0 Å². The molecule has 0 saturated carbocycles. The number of likely N-dealkylation sites (N-methyl/N-ethyl adjacent to an activating group) is 1. The van der Waals surface area contributed by atoms with Crippen LogP contribution in [0.5, 0.6) is 5.75 Å². The first-order chi connectivity index (χ1) is 19.4. The van der Waals surface area contributed by atoms with E-state index >= 15 is 0 Å². The van der Waals surface area contributed by atoms with E-state index in [1.807, 2.05) is 31.2 Å². The summed E-state index contributed by atoms with van der Waals surface area (Å²) in [6.07, 6.45) is -1.97. The quantitative estimate of drug-likeness (QED) is 0.216. The van der Waals surface area contributed by atoms with Gasteiger partial charge >= 0.3 is 6.18 Å². The molecule has 4 rings (SSSR count). The summed E-state index contributed by atoms with van der Waals surface area (Å²) in [6, 6.07) is 17.0. The number of carbonyl (C=O) groups excluding carboxylic acids is 2. The summed E-state index contributed by atoms with van der Waals surface area (Å²) < 4.78 is 44.1. The van der Waals surface area contributed by atoms with Crippen molar-refractivity contribution in [2.24, 2.45) is 0 Å². The SMILES string of the molecule is Cc1ccc2cccc(OCc3c(Cl)ccc(N(C)C(=O)CNC(=O)C=Cc4ccc(C(F)(F)F)cc4)c3Cl)c2n1. The van der Waals surface area contributed by atoms with Crippen LogP contribution in [0.3, 0.4) is 0 Å². The van der Waals surface area contributed by atoms with E-state index < -0.39 is 23.6 Å². The summed E-state index contributed by atoms with van der Waals surface area (Å²) in [5.74, 6) is -0.506. The van der Waals surface area contributed by atoms with Crippen molar-refractivity contribution in [3.8, 4) is 5.75 Å². The van der Waals surface area contributed by atoms with Gasteiger partial charge in [0, 0.05) is 34.8 Å². The first-order valence-electron chi connectivity index (χ1n) is 12.3. The number of carbonyl (C=O) groups is 2. The molecule has 4 aromatic rings. The van der Waals surface area contributed by atoms with Crippen LogP contribution in [0.4, 0.5) is 18.9 Å². The lowest BCUT2D eigenvalue weighted by atomic mass is 10.1. The number of nitrogens with one attached hydrogen (secondary N) is 1. The van der Waals surface area contributed by atoms with E-state index in [2.05, 4.69) is 10.3 Å². The molecule has 0 unspecified atom stereocenters. The second kappa shape index (κ2) is 12.6. The van der Waals surface area contributed by atoms with Crippen molar-refractivity contribution in [3.05, 3.63) is 105 Å². The van der Waals surface area contributed by atoms with E-state index in [4.69, 9.17) is 27.9 Å². The molecule has 6 nitrogen and oxygen atoms in total. The molecule has 0 radical (unpaired) electrons. The summed E-state index contributed by atoms with van der Waals surface area (Å²) in [5, 5.41) is 3.94. The van der Waals surface area contributed by atoms with Crippen molar-refractivity contribution in [1.29, 1.82) is 0 Å². The van der Waals surface area contributed by atoms with Gasteiger partial charge in [-0.15, -0.1) is 0 Å².